The van der Waals surface area contributed by atoms with Crippen LogP contribution in [0.25, 0.3) is 32.9 Å². The van der Waals surface area contributed by atoms with E-state index >= 15 is 0 Å². The van der Waals surface area contributed by atoms with Gasteiger partial charge in [-0.25, -0.2) is 0 Å². The standard InChI is InChI=1S/C27H20Cl2N2O2/c1-33-24-11-3-2-6-17(24)15-31-22-10-4-7-19(27(30)32)26(22)18-13-12-16(14-23(18)31)25-20(28)8-5-9-21(25)29/h2-14H,15H2,1H3,(H2,30,32). The molecular weight excluding hydrogens is 455 g/mol. The SMILES string of the molecule is COc1ccccc1Cn1c2cc(-c3c(Cl)cccc3Cl)ccc2c2c(C(N)=O)cccc21. The number of hydrogen-bond acceptors (Lipinski definition) is 2. The number of para-hydroxylation sites is 1. The van der Waals surface area contributed by atoms with E-state index in [9.17, 15) is 4.79 Å². The van der Waals surface area contributed by atoms with Crippen molar-refractivity contribution in [3.05, 3.63) is 100 Å². The van der Waals surface area contributed by atoms with Crippen LogP contribution in [0.2, 0.25) is 10.0 Å². The van der Waals surface area contributed by atoms with Crippen molar-refractivity contribution in [3.63, 3.8) is 0 Å². The fourth-order valence-electron chi connectivity index (χ4n) is 4.45. The van der Waals surface area contributed by atoms with Crippen molar-refractivity contribution in [2.24, 2.45) is 5.73 Å². The summed E-state index contributed by atoms with van der Waals surface area (Å²) in [6.45, 7) is 0.548. The van der Waals surface area contributed by atoms with E-state index in [1.807, 2.05) is 66.7 Å². The Kier molecular flexibility index (Phi) is 5.49. The van der Waals surface area contributed by atoms with Crippen LogP contribution in [0.5, 0.6) is 5.75 Å². The monoisotopic (exact) mass is 474 g/mol. The molecule has 1 amide bonds. The summed E-state index contributed by atoms with van der Waals surface area (Å²) in [5.74, 6) is 0.332. The molecule has 0 saturated carbocycles. The van der Waals surface area contributed by atoms with Crippen LogP contribution in [0.1, 0.15) is 15.9 Å². The zero-order valence-corrected chi connectivity index (χ0v) is 19.3. The first-order valence-corrected chi connectivity index (χ1v) is 11.2. The lowest BCUT2D eigenvalue weighted by atomic mass is 10.0. The summed E-state index contributed by atoms with van der Waals surface area (Å²) in [7, 11) is 1.66. The Morgan fingerprint density at radius 1 is 0.909 bits per heavy atom. The molecule has 0 radical (unpaired) electrons. The summed E-state index contributed by atoms with van der Waals surface area (Å²) in [4.78, 5) is 12.3. The van der Waals surface area contributed by atoms with E-state index in [0.29, 0.717) is 22.2 Å². The second-order valence-electron chi connectivity index (χ2n) is 7.79. The maximum Gasteiger partial charge on any atom is 0.249 e. The number of halogens is 2. The molecule has 0 bridgehead atoms. The van der Waals surface area contributed by atoms with Crippen LogP contribution < -0.4 is 10.5 Å². The minimum absolute atomic E-state index is 0.463. The third kappa shape index (κ3) is 3.62. The van der Waals surface area contributed by atoms with Crippen LogP contribution in [0.4, 0.5) is 0 Å². The van der Waals surface area contributed by atoms with Gasteiger partial charge in [0.25, 0.3) is 0 Å². The number of fused-ring (bicyclic) bond motifs is 3. The molecule has 0 aliphatic heterocycles. The molecule has 2 N–H and O–H groups in total. The van der Waals surface area contributed by atoms with Gasteiger partial charge >= 0.3 is 0 Å². The molecule has 6 heteroatoms. The average Bonchev–Trinajstić information content (AvgIpc) is 3.12. The van der Waals surface area contributed by atoms with E-state index in [4.69, 9.17) is 33.7 Å². The summed E-state index contributed by atoms with van der Waals surface area (Å²) in [6, 6.07) is 25.0. The summed E-state index contributed by atoms with van der Waals surface area (Å²) in [5, 5.41) is 2.91. The van der Waals surface area contributed by atoms with E-state index < -0.39 is 5.91 Å². The number of carbonyl (C=O) groups is 1. The number of aromatic nitrogens is 1. The molecule has 1 heterocycles. The Labute approximate surface area is 201 Å². The molecule has 0 unspecified atom stereocenters. The molecule has 4 aromatic carbocycles. The normalized spacial score (nSPS) is 11.2. The predicted octanol–water partition coefficient (Wildman–Crippen LogP) is 6.92. The van der Waals surface area contributed by atoms with Gasteiger partial charge in [0.15, 0.2) is 0 Å². The van der Waals surface area contributed by atoms with Crippen molar-refractivity contribution in [3.8, 4) is 16.9 Å². The quantitative estimate of drug-likeness (QED) is 0.300. The third-order valence-electron chi connectivity index (χ3n) is 5.93. The van der Waals surface area contributed by atoms with Gasteiger partial charge < -0.3 is 15.0 Å². The number of nitrogens with two attached hydrogens (primary N) is 1. The van der Waals surface area contributed by atoms with E-state index in [2.05, 4.69) is 10.6 Å². The third-order valence-corrected chi connectivity index (χ3v) is 6.56. The Bertz CT molecular complexity index is 1520. The van der Waals surface area contributed by atoms with Crippen LogP contribution in [0.15, 0.2) is 78.9 Å². The zero-order chi connectivity index (χ0) is 23.1. The Morgan fingerprint density at radius 2 is 1.64 bits per heavy atom. The number of nitrogens with zero attached hydrogens (tertiary/aromatic N) is 1. The molecular formula is C27H20Cl2N2O2. The highest BCUT2D eigenvalue weighted by Crippen LogP contribution is 2.39. The van der Waals surface area contributed by atoms with Crippen LogP contribution >= 0.6 is 23.2 Å². The first-order valence-electron chi connectivity index (χ1n) is 10.4. The van der Waals surface area contributed by atoms with Gasteiger partial charge in [0.2, 0.25) is 5.91 Å². The van der Waals surface area contributed by atoms with E-state index in [-0.39, 0.29) is 0 Å². The summed E-state index contributed by atoms with van der Waals surface area (Å²) in [6.07, 6.45) is 0. The Hall–Kier alpha value is -3.47. The average molecular weight is 475 g/mol. The fraction of sp³-hybridized carbons (Fsp3) is 0.0741. The molecule has 164 valence electrons. The second-order valence-corrected chi connectivity index (χ2v) is 8.60. The second kappa shape index (κ2) is 8.47. The van der Waals surface area contributed by atoms with Crippen LogP contribution in [-0.2, 0) is 6.54 Å². The number of carbonyl (C=O) groups excluding carboxylic acids is 1. The fourth-order valence-corrected chi connectivity index (χ4v) is 5.07. The van der Waals surface area contributed by atoms with Gasteiger partial charge in [-0.1, -0.05) is 65.7 Å². The number of benzene rings is 4. The van der Waals surface area contributed by atoms with Gasteiger partial charge in [0.05, 0.1) is 24.7 Å². The molecule has 0 aliphatic rings. The minimum atomic E-state index is -0.463. The van der Waals surface area contributed by atoms with Crippen molar-refractivity contribution in [1.82, 2.24) is 4.57 Å². The molecule has 1 aromatic heterocycles. The molecule has 33 heavy (non-hydrogen) atoms. The number of methoxy groups -OCH3 is 1. The molecule has 0 aliphatic carbocycles. The van der Waals surface area contributed by atoms with Gasteiger partial charge in [-0.2, -0.15) is 0 Å². The maximum atomic E-state index is 12.3. The van der Waals surface area contributed by atoms with Crippen LogP contribution in [0.3, 0.4) is 0 Å². The van der Waals surface area contributed by atoms with Gasteiger partial charge in [-0.3, -0.25) is 4.79 Å². The number of primary amides is 1. The predicted molar refractivity (Wildman–Crippen MR) is 136 cm³/mol. The first-order chi connectivity index (χ1) is 16.0. The van der Waals surface area contributed by atoms with Crippen LogP contribution in [0, 0.1) is 0 Å². The lowest BCUT2D eigenvalue weighted by molar-refractivity contribution is 0.100. The molecule has 0 spiro atoms. The molecule has 0 fully saturated rings. The molecule has 0 atom stereocenters. The first kappa shape index (κ1) is 21.4. The summed E-state index contributed by atoms with van der Waals surface area (Å²) >= 11 is 13.0. The molecule has 0 saturated heterocycles. The number of ether oxygens (including phenoxy) is 1. The van der Waals surface area contributed by atoms with Crippen molar-refractivity contribution in [2.45, 2.75) is 6.54 Å². The topological polar surface area (TPSA) is 57.2 Å². The van der Waals surface area contributed by atoms with E-state index in [1.165, 1.54) is 0 Å². The van der Waals surface area contributed by atoms with Gasteiger partial charge in [0.1, 0.15) is 5.75 Å². The van der Waals surface area contributed by atoms with Gasteiger partial charge in [-0.05, 0) is 42.0 Å². The minimum Gasteiger partial charge on any atom is -0.496 e. The van der Waals surface area contributed by atoms with Crippen molar-refractivity contribution >= 4 is 50.9 Å². The van der Waals surface area contributed by atoms with Crippen molar-refractivity contribution in [2.75, 3.05) is 7.11 Å². The van der Waals surface area contributed by atoms with Crippen molar-refractivity contribution < 1.29 is 9.53 Å². The van der Waals surface area contributed by atoms with E-state index in [1.54, 1.807) is 13.2 Å². The maximum absolute atomic E-state index is 12.3. The Balaban J connectivity index is 1.84. The number of amides is 1. The zero-order valence-electron chi connectivity index (χ0n) is 17.8. The van der Waals surface area contributed by atoms with Crippen molar-refractivity contribution in [1.29, 1.82) is 0 Å². The Morgan fingerprint density at radius 3 is 2.36 bits per heavy atom. The van der Waals surface area contributed by atoms with Gasteiger partial charge in [-0.15, -0.1) is 0 Å². The lowest BCUT2D eigenvalue weighted by Crippen LogP contribution is -2.11. The lowest BCUT2D eigenvalue weighted by Gasteiger charge is -2.13. The summed E-state index contributed by atoms with van der Waals surface area (Å²) in [5.41, 5.74) is 10.8. The number of hydrogen-bond donors (Lipinski definition) is 1. The highest BCUT2D eigenvalue weighted by molar-refractivity contribution is 6.39. The smallest absolute Gasteiger partial charge is 0.249 e. The highest BCUT2D eigenvalue weighted by atomic mass is 35.5. The largest absolute Gasteiger partial charge is 0.496 e. The highest BCUT2D eigenvalue weighted by Gasteiger charge is 2.19. The van der Waals surface area contributed by atoms with E-state index in [0.717, 1.165) is 44.2 Å². The summed E-state index contributed by atoms with van der Waals surface area (Å²) < 4.78 is 7.75. The molecule has 5 rings (SSSR count). The number of rotatable bonds is 5. The van der Waals surface area contributed by atoms with Crippen LogP contribution in [-0.4, -0.2) is 17.6 Å². The molecule has 5 aromatic rings. The van der Waals surface area contributed by atoms with Gasteiger partial charge in [0, 0.05) is 37.5 Å². The molecule has 4 nitrogen and oxygen atoms in total.